The number of benzene rings is 1. The van der Waals surface area contributed by atoms with Gasteiger partial charge in [0.15, 0.2) is 10.6 Å². The third kappa shape index (κ3) is 5.51. The Bertz CT molecular complexity index is 822. The molecule has 1 aromatic carbocycles. The highest BCUT2D eigenvalue weighted by Crippen LogP contribution is 2.24. The van der Waals surface area contributed by atoms with Crippen molar-refractivity contribution >= 4 is 35.4 Å². The first-order chi connectivity index (χ1) is 12.3. The predicted octanol–water partition coefficient (Wildman–Crippen LogP) is 3.96. The molecule has 0 aliphatic heterocycles. The zero-order valence-corrected chi connectivity index (χ0v) is 17.1. The number of hydrogen-bond acceptors (Lipinski definition) is 5. The van der Waals surface area contributed by atoms with Crippen LogP contribution in [0.15, 0.2) is 29.6 Å². The fourth-order valence-corrected chi connectivity index (χ4v) is 3.29. The van der Waals surface area contributed by atoms with Crippen LogP contribution < -0.4 is 5.32 Å². The molecule has 1 heterocycles. The van der Waals surface area contributed by atoms with E-state index in [9.17, 15) is 9.59 Å². The monoisotopic (exact) mass is 392 g/mol. The molecule has 7 heteroatoms. The van der Waals surface area contributed by atoms with Crippen molar-refractivity contribution in [2.75, 3.05) is 6.61 Å². The lowest BCUT2D eigenvalue weighted by Gasteiger charge is -2.17. The molecule has 140 valence electrons. The van der Waals surface area contributed by atoms with Gasteiger partial charge in [0.2, 0.25) is 0 Å². The minimum atomic E-state index is -0.486. The maximum absolute atomic E-state index is 12.2. The van der Waals surface area contributed by atoms with Crippen molar-refractivity contribution in [3.05, 3.63) is 39.2 Å². The van der Waals surface area contributed by atoms with E-state index in [1.165, 1.54) is 11.3 Å². The number of hydrogen-bond donors (Lipinski definition) is 1. The second kappa shape index (κ2) is 9.09. The van der Waals surface area contributed by atoms with Gasteiger partial charge in [-0.15, -0.1) is 11.3 Å². The maximum atomic E-state index is 12.2. The van der Waals surface area contributed by atoms with Crippen molar-refractivity contribution < 1.29 is 14.3 Å². The van der Waals surface area contributed by atoms with Crippen LogP contribution in [0.4, 0.5) is 0 Å². The largest absolute Gasteiger partial charge is 0.454 e. The van der Waals surface area contributed by atoms with Crippen LogP contribution in [-0.2, 0) is 20.9 Å². The van der Waals surface area contributed by atoms with E-state index in [4.69, 9.17) is 17.0 Å². The van der Waals surface area contributed by atoms with Crippen LogP contribution in [-0.4, -0.2) is 29.1 Å². The standard InChI is InChI=1S/C19H24N2O3S2/c1-12(2)14(4)20-17(22)10-24-18(23)9-21-16(11-26-19(21)25)15-7-5-13(3)6-8-15/h5-8,11-12,14H,9-10H2,1-4H3,(H,20,22)/t14-/m0/s1. The smallest absolute Gasteiger partial charge is 0.326 e. The van der Waals surface area contributed by atoms with Gasteiger partial charge in [0.1, 0.15) is 6.54 Å². The number of aryl methyl sites for hydroxylation is 1. The second-order valence-corrected chi connectivity index (χ2v) is 8.10. The first-order valence-electron chi connectivity index (χ1n) is 8.48. The molecule has 1 atom stereocenters. The summed E-state index contributed by atoms with van der Waals surface area (Å²) in [7, 11) is 0. The van der Waals surface area contributed by atoms with Crippen molar-refractivity contribution in [1.82, 2.24) is 9.88 Å². The number of nitrogens with one attached hydrogen (secondary N) is 1. The van der Waals surface area contributed by atoms with Gasteiger partial charge in [0, 0.05) is 11.4 Å². The average Bonchev–Trinajstić information content (AvgIpc) is 2.94. The minimum Gasteiger partial charge on any atom is -0.454 e. The van der Waals surface area contributed by atoms with E-state index in [1.54, 1.807) is 4.57 Å². The molecule has 2 rings (SSSR count). The van der Waals surface area contributed by atoms with Gasteiger partial charge in [-0.3, -0.25) is 9.59 Å². The van der Waals surface area contributed by atoms with E-state index in [-0.39, 0.29) is 25.1 Å². The van der Waals surface area contributed by atoms with Crippen molar-refractivity contribution in [3.8, 4) is 11.3 Å². The summed E-state index contributed by atoms with van der Waals surface area (Å²) in [6.07, 6.45) is 0. The Kier molecular flexibility index (Phi) is 7.11. The summed E-state index contributed by atoms with van der Waals surface area (Å²) in [5.41, 5.74) is 3.02. The van der Waals surface area contributed by atoms with Gasteiger partial charge in [0.05, 0.1) is 5.69 Å². The highest BCUT2D eigenvalue weighted by Gasteiger charge is 2.15. The van der Waals surface area contributed by atoms with Gasteiger partial charge >= 0.3 is 5.97 Å². The number of carbonyl (C=O) groups is 2. The number of thiazole rings is 1. The van der Waals surface area contributed by atoms with Crippen LogP contribution in [0.25, 0.3) is 11.3 Å². The molecule has 0 radical (unpaired) electrons. The molecule has 0 unspecified atom stereocenters. The number of esters is 1. The summed E-state index contributed by atoms with van der Waals surface area (Å²) in [6, 6.07) is 8.04. The van der Waals surface area contributed by atoms with Crippen LogP contribution in [0.2, 0.25) is 0 Å². The molecule has 0 spiro atoms. The zero-order chi connectivity index (χ0) is 19.3. The van der Waals surface area contributed by atoms with E-state index < -0.39 is 5.97 Å². The van der Waals surface area contributed by atoms with E-state index in [1.807, 2.05) is 57.3 Å². The zero-order valence-electron chi connectivity index (χ0n) is 15.4. The normalized spacial score (nSPS) is 12.0. The number of amides is 1. The topological polar surface area (TPSA) is 60.3 Å². The SMILES string of the molecule is Cc1ccc(-c2csc(=S)n2CC(=O)OCC(=O)N[C@@H](C)C(C)C)cc1. The van der Waals surface area contributed by atoms with Crippen molar-refractivity contribution in [1.29, 1.82) is 0 Å². The molecular formula is C19H24N2O3S2. The van der Waals surface area contributed by atoms with E-state index >= 15 is 0 Å². The van der Waals surface area contributed by atoms with Crippen molar-refractivity contribution in [2.45, 2.75) is 40.3 Å². The van der Waals surface area contributed by atoms with Gasteiger partial charge < -0.3 is 14.6 Å². The quantitative estimate of drug-likeness (QED) is 0.572. The van der Waals surface area contributed by atoms with Gasteiger partial charge in [-0.05, 0) is 37.5 Å². The second-order valence-electron chi connectivity index (χ2n) is 6.60. The fourth-order valence-electron chi connectivity index (χ4n) is 2.21. The molecule has 1 aromatic heterocycles. The summed E-state index contributed by atoms with van der Waals surface area (Å²) in [4.78, 5) is 24.0. The summed E-state index contributed by atoms with van der Waals surface area (Å²) in [6.45, 7) is 7.67. The molecule has 1 amide bonds. The molecular weight excluding hydrogens is 368 g/mol. The van der Waals surface area contributed by atoms with Crippen LogP contribution in [0, 0.1) is 16.8 Å². The van der Waals surface area contributed by atoms with E-state index in [0.29, 0.717) is 9.87 Å². The molecule has 0 saturated carbocycles. The average molecular weight is 393 g/mol. The van der Waals surface area contributed by atoms with Gasteiger partial charge in [-0.25, -0.2) is 0 Å². The Morgan fingerprint density at radius 1 is 1.23 bits per heavy atom. The Balaban J connectivity index is 1.99. The summed E-state index contributed by atoms with van der Waals surface area (Å²) >= 11 is 6.73. The third-order valence-electron chi connectivity index (χ3n) is 4.17. The lowest BCUT2D eigenvalue weighted by atomic mass is 10.1. The molecule has 0 aliphatic carbocycles. The molecule has 0 bridgehead atoms. The summed E-state index contributed by atoms with van der Waals surface area (Å²) in [5, 5.41) is 4.73. The van der Waals surface area contributed by atoms with Gasteiger partial charge in [-0.1, -0.05) is 43.7 Å². The first-order valence-corrected chi connectivity index (χ1v) is 9.77. The van der Waals surface area contributed by atoms with E-state index in [2.05, 4.69) is 5.32 Å². The van der Waals surface area contributed by atoms with Crippen molar-refractivity contribution in [2.24, 2.45) is 5.92 Å². The number of aromatic nitrogens is 1. The lowest BCUT2D eigenvalue weighted by Crippen LogP contribution is -2.38. The minimum absolute atomic E-state index is 0.0153. The maximum Gasteiger partial charge on any atom is 0.326 e. The van der Waals surface area contributed by atoms with Crippen molar-refractivity contribution in [3.63, 3.8) is 0 Å². The number of rotatable bonds is 7. The third-order valence-corrected chi connectivity index (χ3v) is 5.44. The number of carbonyl (C=O) groups excluding carboxylic acids is 2. The molecule has 26 heavy (non-hydrogen) atoms. The number of nitrogens with zero attached hydrogens (tertiary/aromatic N) is 1. The van der Waals surface area contributed by atoms with Gasteiger partial charge in [-0.2, -0.15) is 0 Å². The Hall–Kier alpha value is -1.99. The number of ether oxygens (including phenoxy) is 1. The lowest BCUT2D eigenvalue weighted by molar-refractivity contribution is -0.149. The highest BCUT2D eigenvalue weighted by molar-refractivity contribution is 7.73. The summed E-state index contributed by atoms with van der Waals surface area (Å²) in [5.74, 6) is -0.469. The molecule has 1 N–H and O–H groups in total. The molecule has 0 aliphatic rings. The Morgan fingerprint density at radius 2 is 1.88 bits per heavy atom. The molecule has 0 saturated heterocycles. The first kappa shape index (κ1) is 20.3. The van der Waals surface area contributed by atoms with E-state index in [0.717, 1.165) is 16.8 Å². The van der Waals surface area contributed by atoms with Crippen LogP contribution >= 0.6 is 23.6 Å². The van der Waals surface area contributed by atoms with Crippen LogP contribution in [0.5, 0.6) is 0 Å². The van der Waals surface area contributed by atoms with Crippen LogP contribution in [0.3, 0.4) is 0 Å². The summed E-state index contributed by atoms with van der Waals surface area (Å²) < 4.78 is 7.44. The molecule has 0 fully saturated rings. The molecule has 2 aromatic rings. The highest BCUT2D eigenvalue weighted by atomic mass is 32.1. The molecule has 5 nitrogen and oxygen atoms in total. The predicted molar refractivity (Wildman–Crippen MR) is 107 cm³/mol. The Labute approximate surface area is 163 Å². The van der Waals surface area contributed by atoms with Crippen LogP contribution in [0.1, 0.15) is 26.3 Å². The Morgan fingerprint density at radius 3 is 2.50 bits per heavy atom. The fraction of sp³-hybridized carbons (Fsp3) is 0.421. The van der Waals surface area contributed by atoms with Gasteiger partial charge in [0.25, 0.3) is 5.91 Å².